The van der Waals surface area contributed by atoms with Crippen LogP contribution < -0.4 is 9.47 Å². The van der Waals surface area contributed by atoms with Gasteiger partial charge in [0.2, 0.25) is 0 Å². The van der Waals surface area contributed by atoms with E-state index in [0.29, 0.717) is 18.8 Å². The molecule has 0 aliphatic carbocycles. The summed E-state index contributed by atoms with van der Waals surface area (Å²) in [4.78, 5) is 0. The lowest BCUT2D eigenvalue weighted by molar-refractivity contribution is 0.138. The van der Waals surface area contributed by atoms with Crippen LogP contribution in [0.1, 0.15) is 42.6 Å². The Kier molecular flexibility index (Phi) is 2.87. The highest BCUT2D eigenvalue weighted by Crippen LogP contribution is 2.54. The van der Waals surface area contributed by atoms with Crippen LogP contribution in [0.3, 0.4) is 0 Å². The molecule has 0 unspecified atom stereocenters. The SMILES string of the molecule is CC1(C)O[C@H]1Cc1c(O)ccc2c1O[C@H]1c3ccc(O)cc3OC[C@@H]21. The largest absolute Gasteiger partial charge is 0.508 e. The number of phenolic OH excluding ortho intramolecular Hbond substituents is 2. The minimum atomic E-state index is -0.159. The highest BCUT2D eigenvalue weighted by Gasteiger charge is 2.49. The molecular weight excluding hydrogens is 320 g/mol. The minimum Gasteiger partial charge on any atom is -0.508 e. The summed E-state index contributed by atoms with van der Waals surface area (Å²) < 4.78 is 17.8. The standard InChI is InChI=1S/C20H20O5/c1-20(2)17(25-20)8-13-15(22)6-5-11-14-9-23-16-7-10(21)3-4-12(16)19(14)24-18(11)13/h3-7,14,17,19,21-22H,8-9H2,1-2H3/t14-,17-,19-/m0/s1. The van der Waals surface area contributed by atoms with Crippen LogP contribution in [0, 0.1) is 0 Å². The molecule has 5 rings (SSSR count). The number of fused-ring (bicyclic) bond motifs is 5. The molecule has 3 aliphatic rings. The van der Waals surface area contributed by atoms with Gasteiger partial charge in [-0.2, -0.15) is 0 Å². The highest BCUT2D eigenvalue weighted by atomic mass is 16.6. The molecule has 25 heavy (non-hydrogen) atoms. The molecule has 0 spiro atoms. The Morgan fingerprint density at radius 3 is 2.64 bits per heavy atom. The molecule has 3 heterocycles. The summed E-state index contributed by atoms with van der Waals surface area (Å²) in [6.45, 7) is 4.59. The molecule has 5 nitrogen and oxygen atoms in total. The van der Waals surface area contributed by atoms with E-state index in [0.717, 1.165) is 22.4 Å². The summed E-state index contributed by atoms with van der Waals surface area (Å²) in [5, 5.41) is 20.1. The van der Waals surface area contributed by atoms with E-state index in [1.54, 1.807) is 18.2 Å². The molecule has 3 aliphatic heterocycles. The first-order valence-corrected chi connectivity index (χ1v) is 8.59. The molecule has 2 aromatic rings. The van der Waals surface area contributed by atoms with Crippen LogP contribution >= 0.6 is 0 Å². The van der Waals surface area contributed by atoms with Gasteiger partial charge in [0, 0.05) is 29.2 Å². The van der Waals surface area contributed by atoms with Crippen molar-refractivity contribution in [2.24, 2.45) is 0 Å². The van der Waals surface area contributed by atoms with E-state index in [-0.39, 0.29) is 35.2 Å². The normalized spacial score (nSPS) is 27.5. The van der Waals surface area contributed by atoms with Gasteiger partial charge in [-0.1, -0.05) is 6.07 Å². The third-order valence-corrected chi connectivity index (χ3v) is 5.55. The molecule has 2 aromatic carbocycles. The van der Waals surface area contributed by atoms with Crippen LogP contribution in [0.25, 0.3) is 0 Å². The Balaban J connectivity index is 1.54. The Bertz CT molecular complexity index is 873. The van der Waals surface area contributed by atoms with Crippen molar-refractivity contribution in [1.29, 1.82) is 0 Å². The van der Waals surface area contributed by atoms with Gasteiger partial charge in [0.25, 0.3) is 0 Å². The first kappa shape index (κ1) is 14.9. The van der Waals surface area contributed by atoms with E-state index in [4.69, 9.17) is 14.2 Å². The summed E-state index contributed by atoms with van der Waals surface area (Å²) in [5.74, 6) is 1.92. The maximum Gasteiger partial charge on any atom is 0.138 e. The molecule has 2 N–H and O–H groups in total. The molecule has 0 aromatic heterocycles. The van der Waals surface area contributed by atoms with Gasteiger partial charge in [-0.15, -0.1) is 0 Å². The maximum atomic E-state index is 10.4. The van der Waals surface area contributed by atoms with Crippen molar-refractivity contribution in [3.05, 3.63) is 47.0 Å². The zero-order valence-corrected chi connectivity index (χ0v) is 14.2. The highest BCUT2D eigenvalue weighted by molar-refractivity contribution is 5.57. The quantitative estimate of drug-likeness (QED) is 0.820. The summed E-state index contributed by atoms with van der Waals surface area (Å²) >= 11 is 0. The van der Waals surface area contributed by atoms with E-state index in [9.17, 15) is 10.2 Å². The van der Waals surface area contributed by atoms with Gasteiger partial charge >= 0.3 is 0 Å². The first-order valence-electron chi connectivity index (χ1n) is 8.59. The zero-order chi connectivity index (χ0) is 17.3. The molecule has 1 fully saturated rings. The lowest BCUT2D eigenvalue weighted by atomic mass is 9.88. The minimum absolute atomic E-state index is 0.0829. The third kappa shape index (κ3) is 2.19. The number of hydrogen-bond acceptors (Lipinski definition) is 5. The van der Waals surface area contributed by atoms with Gasteiger partial charge in [0.15, 0.2) is 0 Å². The number of hydrogen-bond donors (Lipinski definition) is 2. The summed E-state index contributed by atoms with van der Waals surface area (Å²) in [5.41, 5.74) is 2.66. The third-order valence-electron chi connectivity index (χ3n) is 5.55. The van der Waals surface area contributed by atoms with Gasteiger partial charge in [-0.3, -0.25) is 0 Å². The van der Waals surface area contributed by atoms with E-state index < -0.39 is 0 Å². The van der Waals surface area contributed by atoms with Crippen LogP contribution in [-0.4, -0.2) is 28.5 Å². The molecular formula is C20H20O5. The average Bonchev–Trinajstić information content (AvgIpc) is 3.00. The molecule has 1 saturated heterocycles. The second-order valence-corrected chi connectivity index (χ2v) is 7.57. The smallest absolute Gasteiger partial charge is 0.138 e. The van der Waals surface area contributed by atoms with Crippen LogP contribution in [0.15, 0.2) is 30.3 Å². The molecule has 0 bridgehead atoms. The van der Waals surface area contributed by atoms with Crippen LogP contribution in [-0.2, 0) is 11.2 Å². The van der Waals surface area contributed by atoms with Crippen LogP contribution in [0.2, 0.25) is 0 Å². The maximum absolute atomic E-state index is 10.4. The predicted octanol–water partition coefficient (Wildman–Crippen LogP) is 3.43. The van der Waals surface area contributed by atoms with Gasteiger partial charge in [-0.05, 0) is 32.0 Å². The van der Waals surface area contributed by atoms with Crippen molar-refractivity contribution >= 4 is 0 Å². The zero-order valence-electron chi connectivity index (χ0n) is 14.2. The Labute approximate surface area is 145 Å². The molecule has 0 radical (unpaired) electrons. The fourth-order valence-corrected chi connectivity index (χ4v) is 3.96. The molecule has 5 heteroatoms. The van der Waals surface area contributed by atoms with E-state index in [1.807, 2.05) is 12.1 Å². The summed E-state index contributed by atoms with van der Waals surface area (Å²) in [7, 11) is 0. The topological polar surface area (TPSA) is 71.5 Å². The number of epoxide rings is 1. The van der Waals surface area contributed by atoms with Crippen molar-refractivity contribution in [2.45, 2.75) is 44.0 Å². The van der Waals surface area contributed by atoms with Crippen molar-refractivity contribution in [3.63, 3.8) is 0 Å². The van der Waals surface area contributed by atoms with Gasteiger partial charge in [0.05, 0.1) is 24.2 Å². The lowest BCUT2D eigenvalue weighted by Crippen LogP contribution is -2.22. The Morgan fingerprint density at radius 2 is 1.88 bits per heavy atom. The molecule has 3 atom stereocenters. The van der Waals surface area contributed by atoms with Crippen molar-refractivity contribution in [2.75, 3.05) is 6.61 Å². The average molecular weight is 340 g/mol. The van der Waals surface area contributed by atoms with E-state index in [2.05, 4.69) is 13.8 Å². The van der Waals surface area contributed by atoms with Gasteiger partial charge in [-0.25, -0.2) is 0 Å². The molecule has 0 amide bonds. The Hall–Kier alpha value is -2.40. The summed E-state index contributed by atoms with van der Waals surface area (Å²) in [6.07, 6.45) is 0.565. The number of ether oxygens (including phenoxy) is 3. The number of benzene rings is 2. The lowest BCUT2D eigenvalue weighted by Gasteiger charge is -2.27. The van der Waals surface area contributed by atoms with E-state index in [1.165, 1.54) is 0 Å². The van der Waals surface area contributed by atoms with Crippen molar-refractivity contribution in [3.8, 4) is 23.0 Å². The van der Waals surface area contributed by atoms with Crippen molar-refractivity contribution in [1.82, 2.24) is 0 Å². The number of phenols is 2. The number of rotatable bonds is 2. The van der Waals surface area contributed by atoms with Gasteiger partial charge in [0.1, 0.15) is 29.1 Å². The second kappa shape index (κ2) is 4.82. The van der Waals surface area contributed by atoms with Gasteiger partial charge < -0.3 is 24.4 Å². The molecule has 130 valence electrons. The van der Waals surface area contributed by atoms with E-state index >= 15 is 0 Å². The number of aromatic hydroxyl groups is 2. The predicted molar refractivity (Wildman–Crippen MR) is 90.5 cm³/mol. The summed E-state index contributed by atoms with van der Waals surface area (Å²) in [6, 6.07) is 8.78. The Morgan fingerprint density at radius 1 is 1.12 bits per heavy atom. The fourth-order valence-electron chi connectivity index (χ4n) is 3.96. The second-order valence-electron chi connectivity index (χ2n) is 7.57. The fraction of sp³-hybridized carbons (Fsp3) is 0.400. The van der Waals surface area contributed by atoms with Crippen molar-refractivity contribution < 1.29 is 24.4 Å². The van der Waals surface area contributed by atoms with Crippen LogP contribution in [0.5, 0.6) is 23.0 Å². The van der Waals surface area contributed by atoms with Crippen LogP contribution in [0.4, 0.5) is 0 Å². The monoisotopic (exact) mass is 340 g/mol. The first-order chi connectivity index (χ1) is 11.9. The molecule has 0 saturated carbocycles.